The second-order valence-corrected chi connectivity index (χ2v) is 5.81. The van der Waals surface area contributed by atoms with Gasteiger partial charge in [-0.05, 0) is 74.9 Å². The van der Waals surface area contributed by atoms with E-state index in [1.54, 1.807) is 0 Å². The predicted molar refractivity (Wildman–Crippen MR) is 72.9 cm³/mol. The molecule has 0 radical (unpaired) electrons. The zero-order valence-corrected chi connectivity index (χ0v) is 11.7. The van der Waals surface area contributed by atoms with Crippen molar-refractivity contribution in [2.24, 2.45) is 5.92 Å². The van der Waals surface area contributed by atoms with Crippen LogP contribution in [0.2, 0.25) is 0 Å². The van der Waals surface area contributed by atoms with Crippen LogP contribution in [0.4, 0.5) is 0 Å². The van der Waals surface area contributed by atoms with Crippen molar-refractivity contribution >= 4 is 15.9 Å². The Hall–Kier alpha value is -0.340. The van der Waals surface area contributed by atoms with Crippen molar-refractivity contribution in [1.82, 2.24) is 5.32 Å². The fourth-order valence-corrected chi connectivity index (χ4v) is 3.43. The SMILES string of the molecule is Cc1cc(C)c(CC2CCCNC2)c(Br)c1. The van der Waals surface area contributed by atoms with E-state index in [4.69, 9.17) is 0 Å². The molecule has 0 amide bonds. The molecule has 1 fully saturated rings. The summed E-state index contributed by atoms with van der Waals surface area (Å²) in [7, 11) is 0. The third-order valence-electron chi connectivity index (χ3n) is 3.45. The molecule has 0 aliphatic carbocycles. The maximum Gasteiger partial charge on any atom is 0.0212 e. The Morgan fingerprint density at radius 3 is 2.81 bits per heavy atom. The van der Waals surface area contributed by atoms with E-state index in [2.05, 4.69) is 47.2 Å². The van der Waals surface area contributed by atoms with Gasteiger partial charge in [0.25, 0.3) is 0 Å². The number of nitrogens with one attached hydrogen (secondary N) is 1. The molecule has 2 heteroatoms. The summed E-state index contributed by atoms with van der Waals surface area (Å²) in [6.45, 7) is 6.76. The third kappa shape index (κ3) is 2.86. The molecule has 2 rings (SSSR count). The van der Waals surface area contributed by atoms with Gasteiger partial charge in [-0.1, -0.05) is 22.0 Å². The lowest BCUT2D eigenvalue weighted by atomic mass is 9.90. The van der Waals surface area contributed by atoms with E-state index in [-0.39, 0.29) is 0 Å². The van der Waals surface area contributed by atoms with Crippen molar-refractivity contribution < 1.29 is 0 Å². The standard InChI is InChI=1S/C14H20BrN/c1-10-6-11(2)13(14(15)7-10)8-12-4-3-5-16-9-12/h6-7,12,16H,3-5,8-9H2,1-2H3. The third-order valence-corrected chi connectivity index (χ3v) is 4.16. The summed E-state index contributed by atoms with van der Waals surface area (Å²) in [6, 6.07) is 4.52. The second-order valence-electron chi connectivity index (χ2n) is 4.96. The van der Waals surface area contributed by atoms with Crippen LogP contribution >= 0.6 is 15.9 Å². The molecule has 1 aromatic rings. The average Bonchev–Trinajstić information content (AvgIpc) is 2.25. The molecule has 0 saturated carbocycles. The van der Waals surface area contributed by atoms with Crippen molar-refractivity contribution in [3.63, 3.8) is 0 Å². The summed E-state index contributed by atoms with van der Waals surface area (Å²) in [6.07, 6.45) is 3.90. The van der Waals surface area contributed by atoms with Gasteiger partial charge in [-0.3, -0.25) is 0 Å². The highest BCUT2D eigenvalue weighted by Crippen LogP contribution is 2.27. The van der Waals surface area contributed by atoms with Gasteiger partial charge in [-0.25, -0.2) is 0 Å². The number of piperidine rings is 1. The average molecular weight is 282 g/mol. The van der Waals surface area contributed by atoms with Crippen LogP contribution in [0.5, 0.6) is 0 Å². The summed E-state index contributed by atoms with van der Waals surface area (Å²) < 4.78 is 1.29. The molecular weight excluding hydrogens is 262 g/mol. The van der Waals surface area contributed by atoms with Gasteiger partial charge in [-0.15, -0.1) is 0 Å². The van der Waals surface area contributed by atoms with E-state index in [0.29, 0.717) is 0 Å². The molecule has 1 saturated heterocycles. The van der Waals surface area contributed by atoms with Crippen molar-refractivity contribution in [2.45, 2.75) is 33.1 Å². The molecule has 0 aromatic heterocycles. The molecule has 0 bridgehead atoms. The quantitative estimate of drug-likeness (QED) is 0.873. The van der Waals surface area contributed by atoms with Crippen molar-refractivity contribution in [1.29, 1.82) is 0 Å². The van der Waals surface area contributed by atoms with Crippen LogP contribution in [0.15, 0.2) is 16.6 Å². The second kappa shape index (κ2) is 5.33. The lowest BCUT2D eigenvalue weighted by Crippen LogP contribution is -2.31. The van der Waals surface area contributed by atoms with Crippen LogP contribution in [0, 0.1) is 19.8 Å². The minimum Gasteiger partial charge on any atom is -0.316 e. The highest BCUT2D eigenvalue weighted by atomic mass is 79.9. The molecule has 1 nitrogen and oxygen atoms in total. The Labute approximate surface area is 107 Å². The minimum absolute atomic E-state index is 0.812. The summed E-state index contributed by atoms with van der Waals surface area (Å²) >= 11 is 3.70. The van der Waals surface area contributed by atoms with Crippen LogP contribution in [-0.4, -0.2) is 13.1 Å². The van der Waals surface area contributed by atoms with Crippen LogP contribution in [0.1, 0.15) is 29.5 Å². The largest absolute Gasteiger partial charge is 0.316 e. The molecule has 1 aliphatic heterocycles. The fraction of sp³-hybridized carbons (Fsp3) is 0.571. The van der Waals surface area contributed by atoms with Crippen molar-refractivity contribution in [3.05, 3.63) is 33.3 Å². The number of rotatable bonds is 2. The zero-order valence-electron chi connectivity index (χ0n) is 10.1. The van der Waals surface area contributed by atoms with Crippen LogP contribution in [0.3, 0.4) is 0 Å². The molecule has 1 N–H and O–H groups in total. The van der Waals surface area contributed by atoms with Crippen LogP contribution in [-0.2, 0) is 6.42 Å². The smallest absolute Gasteiger partial charge is 0.0212 e. The van der Waals surface area contributed by atoms with Gasteiger partial charge in [0.2, 0.25) is 0 Å². The molecule has 1 heterocycles. The first-order chi connectivity index (χ1) is 7.66. The molecule has 1 unspecified atom stereocenters. The highest BCUT2D eigenvalue weighted by Gasteiger charge is 2.16. The summed E-state index contributed by atoms with van der Waals surface area (Å²) in [5.41, 5.74) is 4.27. The van der Waals surface area contributed by atoms with Crippen molar-refractivity contribution in [3.8, 4) is 0 Å². The highest BCUT2D eigenvalue weighted by molar-refractivity contribution is 9.10. The normalized spacial score (nSPS) is 21.1. The van der Waals surface area contributed by atoms with Gasteiger partial charge >= 0.3 is 0 Å². The van der Waals surface area contributed by atoms with Crippen molar-refractivity contribution in [2.75, 3.05) is 13.1 Å². The summed E-state index contributed by atoms with van der Waals surface area (Å²) in [4.78, 5) is 0. The van der Waals surface area contributed by atoms with Gasteiger partial charge < -0.3 is 5.32 Å². The first kappa shape index (κ1) is 12.1. The van der Waals surface area contributed by atoms with Gasteiger partial charge in [0, 0.05) is 4.47 Å². The molecule has 16 heavy (non-hydrogen) atoms. The van der Waals surface area contributed by atoms with E-state index < -0.39 is 0 Å². The maximum absolute atomic E-state index is 3.70. The zero-order chi connectivity index (χ0) is 11.5. The van der Waals surface area contributed by atoms with E-state index in [9.17, 15) is 0 Å². The Bertz CT molecular complexity index is 344. The number of hydrogen-bond acceptors (Lipinski definition) is 1. The Morgan fingerprint density at radius 2 is 2.19 bits per heavy atom. The fourth-order valence-electron chi connectivity index (χ4n) is 2.59. The topological polar surface area (TPSA) is 12.0 Å². The Balaban J connectivity index is 2.14. The number of aryl methyl sites for hydroxylation is 2. The predicted octanol–water partition coefficient (Wildman–Crippen LogP) is 3.61. The minimum atomic E-state index is 0.812. The molecule has 88 valence electrons. The van der Waals surface area contributed by atoms with E-state index in [1.165, 1.54) is 53.5 Å². The molecule has 1 aromatic carbocycles. The number of hydrogen-bond donors (Lipinski definition) is 1. The van der Waals surface area contributed by atoms with E-state index in [1.807, 2.05) is 0 Å². The van der Waals surface area contributed by atoms with Crippen LogP contribution < -0.4 is 5.32 Å². The lowest BCUT2D eigenvalue weighted by molar-refractivity contribution is 0.375. The summed E-state index contributed by atoms with van der Waals surface area (Å²) in [5.74, 6) is 0.812. The molecule has 0 spiro atoms. The Morgan fingerprint density at radius 1 is 1.38 bits per heavy atom. The summed E-state index contributed by atoms with van der Waals surface area (Å²) in [5, 5.41) is 3.49. The van der Waals surface area contributed by atoms with E-state index >= 15 is 0 Å². The van der Waals surface area contributed by atoms with E-state index in [0.717, 1.165) is 5.92 Å². The van der Waals surface area contributed by atoms with Gasteiger partial charge in [0.1, 0.15) is 0 Å². The number of halogens is 1. The molecular formula is C14H20BrN. The first-order valence-corrected chi connectivity index (χ1v) is 6.92. The Kier molecular flexibility index (Phi) is 4.04. The van der Waals surface area contributed by atoms with Gasteiger partial charge in [0.05, 0.1) is 0 Å². The molecule has 1 aliphatic rings. The van der Waals surface area contributed by atoms with Gasteiger partial charge in [-0.2, -0.15) is 0 Å². The number of benzene rings is 1. The van der Waals surface area contributed by atoms with Gasteiger partial charge in [0.15, 0.2) is 0 Å². The monoisotopic (exact) mass is 281 g/mol. The van der Waals surface area contributed by atoms with Crippen LogP contribution in [0.25, 0.3) is 0 Å². The lowest BCUT2D eigenvalue weighted by Gasteiger charge is -2.24. The maximum atomic E-state index is 3.70. The first-order valence-electron chi connectivity index (χ1n) is 6.13. The molecule has 1 atom stereocenters.